The van der Waals surface area contributed by atoms with Gasteiger partial charge in [-0.05, 0) is 68.1 Å². The summed E-state index contributed by atoms with van der Waals surface area (Å²) in [5, 5.41) is 13.1. The second kappa shape index (κ2) is 10.1. The third-order valence-electron chi connectivity index (χ3n) is 3.31. The molecular formula is C19H17Br2NO4. The van der Waals surface area contributed by atoms with E-state index in [-0.39, 0.29) is 12.3 Å². The smallest absolute Gasteiger partial charge is 0.358 e. The molecular weight excluding hydrogens is 466 g/mol. The maximum absolute atomic E-state index is 11.5. The van der Waals surface area contributed by atoms with Gasteiger partial charge in [-0.15, -0.1) is 0 Å². The van der Waals surface area contributed by atoms with E-state index >= 15 is 0 Å². The number of ether oxygens (including phenoxy) is 1. The van der Waals surface area contributed by atoms with E-state index in [9.17, 15) is 9.90 Å². The lowest BCUT2D eigenvalue weighted by molar-refractivity contribution is -0.129. The predicted molar refractivity (Wildman–Crippen MR) is 109 cm³/mol. The first-order chi connectivity index (χ1) is 12.5. The number of carboxylic acid groups (broad SMARTS) is 1. The maximum atomic E-state index is 11.5. The largest absolute Gasteiger partial charge is 0.489 e. The van der Waals surface area contributed by atoms with Gasteiger partial charge in [0, 0.05) is 5.56 Å². The zero-order valence-electron chi connectivity index (χ0n) is 14.0. The third kappa shape index (κ3) is 6.00. The van der Waals surface area contributed by atoms with Gasteiger partial charge >= 0.3 is 5.97 Å². The van der Waals surface area contributed by atoms with Crippen molar-refractivity contribution < 1.29 is 19.5 Å². The molecule has 5 nitrogen and oxygen atoms in total. The summed E-state index contributed by atoms with van der Waals surface area (Å²) in [4.78, 5) is 16.4. The number of carbonyl (C=O) groups is 1. The zero-order chi connectivity index (χ0) is 18.9. The maximum Gasteiger partial charge on any atom is 0.358 e. The van der Waals surface area contributed by atoms with E-state index in [1.54, 1.807) is 25.1 Å². The molecule has 0 atom stereocenters. The highest BCUT2D eigenvalue weighted by Crippen LogP contribution is 2.21. The number of aliphatic carboxylic acids is 1. The Morgan fingerprint density at radius 1 is 1.15 bits per heavy atom. The summed E-state index contributed by atoms with van der Waals surface area (Å²) in [5.41, 5.74) is 2.05. The van der Waals surface area contributed by atoms with Crippen LogP contribution in [0.15, 0.2) is 57.1 Å². The first kappa shape index (κ1) is 20.2. The average molecular weight is 483 g/mol. The lowest BCUT2D eigenvalue weighted by atomic mass is 10.0. The van der Waals surface area contributed by atoms with E-state index in [0.29, 0.717) is 23.5 Å². The number of hydrogen-bond acceptors (Lipinski definition) is 4. The van der Waals surface area contributed by atoms with Gasteiger partial charge in [-0.2, -0.15) is 0 Å². The van der Waals surface area contributed by atoms with Gasteiger partial charge < -0.3 is 14.7 Å². The van der Waals surface area contributed by atoms with Crippen molar-refractivity contribution in [2.24, 2.45) is 5.16 Å². The quantitative estimate of drug-likeness (QED) is 0.415. The lowest BCUT2D eigenvalue weighted by Gasteiger charge is -2.11. The molecule has 0 aliphatic rings. The summed E-state index contributed by atoms with van der Waals surface area (Å²) in [6.07, 6.45) is 1.92. The Morgan fingerprint density at radius 3 is 2.46 bits per heavy atom. The van der Waals surface area contributed by atoms with E-state index < -0.39 is 5.97 Å². The van der Waals surface area contributed by atoms with Crippen LogP contribution in [-0.2, 0) is 16.2 Å². The number of carboxylic acids is 1. The van der Waals surface area contributed by atoms with Crippen LogP contribution in [0.5, 0.6) is 5.75 Å². The molecule has 0 aliphatic carbocycles. The monoisotopic (exact) mass is 481 g/mol. The Kier molecular flexibility index (Phi) is 7.87. The molecule has 26 heavy (non-hydrogen) atoms. The summed E-state index contributed by atoms with van der Waals surface area (Å²) in [6.45, 7) is 2.25. The van der Waals surface area contributed by atoms with Crippen LogP contribution >= 0.6 is 31.9 Å². The fraction of sp³-hybridized carbons (Fsp3) is 0.158. The highest BCUT2D eigenvalue weighted by molar-refractivity contribution is 9.28. The SMILES string of the molecule is CCO/N=C(/C(=O)O)c1ccccc1COc1ccc(C=C(Br)Br)cc1. The molecule has 2 aromatic carbocycles. The van der Waals surface area contributed by atoms with Crippen LogP contribution in [0.25, 0.3) is 6.08 Å². The molecule has 0 heterocycles. The minimum atomic E-state index is -1.15. The molecule has 1 N–H and O–H groups in total. The first-order valence-electron chi connectivity index (χ1n) is 7.78. The van der Waals surface area contributed by atoms with Crippen molar-refractivity contribution in [1.82, 2.24) is 0 Å². The molecule has 0 spiro atoms. The summed E-state index contributed by atoms with van der Waals surface area (Å²) in [6, 6.07) is 14.6. The van der Waals surface area contributed by atoms with Gasteiger partial charge in [-0.1, -0.05) is 41.6 Å². The summed E-state index contributed by atoms with van der Waals surface area (Å²) < 4.78 is 6.64. The Morgan fingerprint density at radius 2 is 1.85 bits per heavy atom. The third-order valence-corrected chi connectivity index (χ3v) is 3.77. The van der Waals surface area contributed by atoms with Crippen LogP contribution < -0.4 is 4.74 Å². The molecule has 136 valence electrons. The lowest BCUT2D eigenvalue weighted by Crippen LogP contribution is -2.18. The number of benzene rings is 2. The summed E-state index contributed by atoms with van der Waals surface area (Å²) in [7, 11) is 0. The van der Waals surface area contributed by atoms with Crippen LogP contribution in [0, 0.1) is 0 Å². The molecule has 0 unspecified atom stereocenters. The van der Waals surface area contributed by atoms with E-state index in [2.05, 4.69) is 37.0 Å². The van der Waals surface area contributed by atoms with Gasteiger partial charge in [0.05, 0.1) is 3.39 Å². The Hall–Kier alpha value is -2.12. The molecule has 0 saturated carbocycles. The zero-order valence-corrected chi connectivity index (χ0v) is 17.2. The second-order valence-corrected chi connectivity index (χ2v) is 7.88. The van der Waals surface area contributed by atoms with Crippen LogP contribution in [0.2, 0.25) is 0 Å². The van der Waals surface area contributed by atoms with Crippen LogP contribution in [-0.4, -0.2) is 23.4 Å². The van der Waals surface area contributed by atoms with Crippen LogP contribution in [0.4, 0.5) is 0 Å². The van der Waals surface area contributed by atoms with Gasteiger partial charge in [0.15, 0.2) is 5.71 Å². The Balaban J connectivity index is 2.17. The molecule has 0 amide bonds. The molecule has 0 radical (unpaired) electrons. The van der Waals surface area contributed by atoms with E-state index in [4.69, 9.17) is 9.57 Å². The standard InChI is InChI=1S/C19H17Br2NO4/c1-2-26-22-18(19(23)24)16-6-4-3-5-14(16)12-25-15-9-7-13(8-10-15)11-17(20)21/h3-11H,2,12H2,1H3,(H,23,24)/b22-18+. The van der Waals surface area contributed by atoms with Crippen molar-refractivity contribution in [2.75, 3.05) is 6.61 Å². The number of halogens is 2. The molecule has 0 fully saturated rings. The van der Waals surface area contributed by atoms with Crippen molar-refractivity contribution in [3.05, 3.63) is 68.6 Å². The summed E-state index contributed by atoms with van der Waals surface area (Å²) in [5.74, 6) is -0.469. The van der Waals surface area contributed by atoms with Crippen molar-refractivity contribution in [1.29, 1.82) is 0 Å². The molecule has 0 aliphatic heterocycles. The van der Waals surface area contributed by atoms with Gasteiger partial charge in [0.25, 0.3) is 0 Å². The molecule has 0 bridgehead atoms. The molecule has 0 saturated heterocycles. The predicted octanol–water partition coefficient (Wildman–Crippen LogP) is 5.18. The minimum absolute atomic E-state index is 0.145. The number of hydrogen-bond donors (Lipinski definition) is 1. The number of nitrogens with zero attached hydrogens (tertiary/aromatic N) is 1. The molecule has 7 heteroatoms. The fourth-order valence-corrected chi connectivity index (χ4v) is 2.69. The van der Waals surface area contributed by atoms with Crippen molar-refractivity contribution in [3.8, 4) is 5.75 Å². The van der Waals surface area contributed by atoms with Gasteiger partial charge in [0.2, 0.25) is 0 Å². The number of oxime groups is 1. The topological polar surface area (TPSA) is 68.1 Å². The second-order valence-electron chi connectivity index (χ2n) is 5.11. The van der Waals surface area contributed by atoms with Gasteiger partial charge in [-0.25, -0.2) is 4.79 Å². The average Bonchev–Trinajstić information content (AvgIpc) is 2.61. The highest BCUT2D eigenvalue weighted by atomic mass is 79.9. The highest BCUT2D eigenvalue weighted by Gasteiger charge is 2.17. The van der Waals surface area contributed by atoms with Crippen molar-refractivity contribution >= 4 is 49.6 Å². The first-order valence-corrected chi connectivity index (χ1v) is 9.37. The van der Waals surface area contributed by atoms with Crippen molar-refractivity contribution in [3.63, 3.8) is 0 Å². The van der Waals surface area contributed by atoms with E-state index in [1.165, 1.54) is 0 Å². The van der Waals surface area contributed by atoms with Crippen molar-refractivity contribution in [2.45, 2.75) is 13.5 Å². The van der Waals surface area contributed by atoms with Gasteiger partial charge in [-0.3, -0.25) is 0 Å². The van der Waals surface area contributed by atoms with Crippen LogP contribution in [0.1, 0.15) is 23.6 Å². The summed E-state index contributed by atoms with van der Waals surface area (Å²) >= 11 is 6.64. The molecule has 0 aromatic heterocycles. The number of rotatable bonds is 8. The Bertz CT molecular complexity index is 813. The Labute approximate surface area is 168 Å². The van der Waals surface area contributed by atoms with E-state index in [1.807, 2.05) is 36.4 Å². The van der Waals surface area contributed by atoms with Crippen LogP contribution in [0.3, 0.4) is 0 Å². The minimum Gasteiger partial charge on any atom is -0.489 e. The normalized spacial score (nSPS) is 11.0. The van der Waals surface area contributed by atoms with Gasteiger partial charge in [0.1, 0.15) is 19.0 Å². The molecule has 2 aromatic rings. The molecule has 2 rings (SSSR count). The fourth-order valence-electron chi connectivity index (χ4n) is 2.16. The van der Waals surface area contributed by atoms with E-state index in [0.717, 1.165) is 8.96 Å².